The smallest absolute Gasteiger partial charge is 0.144 e. The van der Waals surface area contributed by atoms with Crippen molar-refractivity contribution in [2.75, 3.05) is 24.2 Å². The van der Waals surface area contributed by atoms with E-state index in [1.54, 1.807) is 12.1 Å². The molecule has 21 heavy (non-hydrogen) atoms. The lowest BCUT2D eigenvalue weighted by Gasteiger charge is -2.12. The van der Waals surface area contributed by atoms with Gasteiger partial charge in [0.2, 0.25) is 0 Å². The summed E-state index contributed by atoms with van der Waals surface area (Å²) in [5, 5.41) is 3.26. The monoisotopic (exact) mass is 288 g/mol. The van der Waals surface area contributed by atoms with Crippen molar-refractivity contribution < 1.29 is 9.13 Å². The summed E-state index contributed by atoms with van der Waals surface area (Å²) < 4.78 is 19.1. The summed E-state index contributed by atoms with van der Waals surface area (Å²) >= 11 is 0. The van der Waals surface area contributed by atoms with Gasteiger partial charge in [-0.1, -0.05) is 25.1 Å². The molecule has 0 bridgehead atoms. The van der Waals surface area contributed by atoms with E-state index >= 15 is 0 Å². The Morgan fingerprint density at radius 3 is 2.76 bits per heavy atom. The number of ether oxygens (including phenoxy) is 1. The summed E-state index contributed by atoms with van der Waals surface area (Å²) in [5.74, 6) is 0.524. The minimum absolute atomic E-state index is 0.163. The molecule has 0 fully saturated rings. The Labute approximate surface area is 124 Å². The van der Waals surface area contributed by atoms with E-state index in [4.69, 9.17) is 10.5 Å². The van der Waals surface area contributed by atoms with Gasteiger partial charge in [-0.3, -0.25) is 0 Å². The number of halogens is 1. The summed E-state index contributed by atoms with van der Waals surface area (Å²) in [4.78, 5) is 0. The van der Waals surface area contributed by atoms with Crippen molar-refractivity contribution in [1.29, 1.82) is 0 Å². The standard InChI is InChI=1S/C17H21FN2O/c1-2-11-21-17-12-14(7-8-16(17)19)20-10-9-13-5-3-4-6-15(13)18/h3-8,12,20H,2,9-11,19H2,1H3. The number of rotatable bonds is 7. The molecule has 0 aromatic heterocycles. The Hall–Kier alpha value is -2.23. The van der Waals surface area contributed by atoms with Gasteiger partial charge in [-0.15, -0.1) is 0 Å². The summed E-state index contributed by atoms with van der Waals surface area (Å²) in [5.41, 5.74) is 8.13. The van der Waals surface area contributed by atoms with E-state index in [0.29, 0.717) is 36.6 Å². The first-order chi connectivity index (χ1) is 10.2. The van der Waals surface area contributed by atoms with E-state index in [0.717, 1.165) is 12.1 Å². The summed E-state index contributed by atoms with van der Waals surface area (Å²) in [6, 6.07) is 12.4. The minimum atomic E-state index is -0.163. The lowest BCUT2D eigenvalue weighted by atomic mass is 10.1. The first-order valence-electron chi connectivity index (χ1n) is 7.20. The second-order valence-corrected chi connectivity index (χ2v) is 4.87. The Kier molecular flexibility index (Phi) is 5.43. The van der Waals surface area contributed by atoms with Crippen LogP contribution in [0.2, 0.25) is 0 Å². The molecule has 0 saturated heterocycles. The zero-order chi connectivity index (χ0) is 15.1. The second kappa shape index (κ2) is 7.53. The fourth-order valence-electron chi connectivity index (χ4n) is 2.02. The maximum Gasteiger partial charge on any atom is 0.144 e. The van der Waals surface area contributed by atoms with E-state index in [-0.39, 0.29) is 5.82 Å². The van der Waals surface area contributed by atoms with Crippen LogP contribution in [-0.2, 0) is 6.42 Å². The highest BCUT2D eigenvalue weighted by molar-refractivity contribution is 5.61. The van der Waals surface area contributed by atoms with E-state index in [1.807, 2.05) is 31.2 Å². The van der Waals surface area contributed by atoms with E-state index in [1.165, 1.54) is 6.07 Å². The Morgan fingerprint density at radius 2 is 2.00 bits per heavy atom. The first-order valence-corrected chi connectivity index (χ1v) is 7.20. The lowest BCUT2D eigenvalue weighted by Crippen LogP contribution is -2.07. The normalized spacial score (nSPS) is 10.4. The quantitative estimate of drug-likeness (QED) is 0.761. The summed E-state index contributed by atoms with van der Waals surface area (Å²) in [7, 11) is 0. The summed E-state index contributed by atoms with van der Waals surface area (Å²) in [6.07, 6.45) is 1.56. The summed E-state index contributed by atoms with van der Waals surface area (Å²) in [6.45, 7) is 3.34. The zero-order valence-electron chi connectivity index (χ0n) is 12.2. The molecule has 2 aromatic carbocycles. The van der Waals surface area contributed by atoms with Crippen LogP contribution >= 0.6 is 0 Å². The van der Waals surface area contributed by atoms with Crippen LogP contribution in [0.1, 0.15) is 18.9 Å². The van der Waals surface area contributed by atoms with Crippen LogP contribution in [0.25, 0.3) is 0 Å². The predicted molar refractivity (Wildman–Crippen MR) is 85.2 cm³/mol. The highest BCUT2D eigenvalue weighted by Crippen LogP contribution is 2.25. The Morgan fingerprint density at radius 1 is 1.19 bits per heavy atom. The van der Waals surface area contributed by atoms with Crippen LogP contribution in [0, 0.1) is 5.82 Å². The number of nitrogens with two attached hydrogens (primary N) is 1. The van der Waals surface area contributed by atoms with Crippen molar-refractivity contribution in [3.63, 3.8) is 0 Å². The molecule has 0 spiro atoms. The molecule has 2 rings (SSSR count). The molecule has 0 aliphatic carbocycles. The van der Waals surface area contributed by atoms with Crippen LogP contribution in [0.4, 0.5) is 15.8 Å². The van der Waals surface area contributed by atoms with E-state index in [9.17, 15) is 4.39 Å². The van der Waals surface area contributed by atoms with Gasteiger partial charge in [0.1, 0.15) is 11.6 Å². The lowest BCUT2D eigenvalue weighted by molar-refractivity contribution is 0.319. The van der Waals surface area contributed by atoms with Crippen molar-refractivity contribution in [3.05, 3.63) is 53.8 Å². The first kappa shape index (κ1) is 15.2. The van der Waals surface area contributed by atoms with Gasteiger partial charge >= 0.3 is 0 Å². The molecular weight excluding hydrogens is 267 g/mol. The largest absolute Gasteiger partial charge is 0.491 e. The minimum Gasteiger partial charge on any atom is -0.491 e. The second-order valence-electron chi connectivity index (χ2n) is 4.87. The average molecular weight is 288 g/mol. The molecule has 0 aliphatic heterocycles. The van der Waals surface area contributed by atoms with Gasteiger partial charge in [0.25, 0.3) is 0 Å². The molecule has 112 valence electrons. The molecule has 4 heteroatoms. The molecule has 3 N–H and O–H groups in total. The third-order valence-corrected chi connectivity index (χ3v) is 3.16. The maximum absolute atomic E-state index is 13.5. The highest BCUT2D eigenvalue weighted by atomic mass is 19.1. The van der Waals surface area contributed by atoms with Crippen molar-refractivity contribution in [2.45, 2.75) is 19.8 Å². The molecule has 0 atom stereocenters. The van der Waals surface area contributed by atoms with Crippen molar-refractivity contribution in [1.82, 2.24) is 0 Å². The van der Waals surface area contributed by atoms with Gasteiger partial charge in [-0.25, -0.2) is 4.39 Å². The number of anilines is 2. The molecule has 0 radical (unpaired) electrons. The number of benzene rings is 2. The maximum atomic E-state index is 13.5. The van der Waals surface area contributed by atoms with Crippen LogP contribution in [0.5, 0.6) is 5.75 Å². The average Bonchev–Trinajstić information content (AvgIpc) is 2.49. The highest BCUT2D eigenvalue weighted by Gasteiger charge is 2.03. The third-order valence-electron chi connectivity index (χ3n) is 3.16. The number of nitrogen functional groups attached to an aromatic ring is 1. The molecule has 0 saturated carbocycles. The SMILES string of the molecule is CCCOc1cc(NCCc2ccccc2F)ccc1N. The molecule has 3 nitrogen and oxygen atoms in total. The molecule has 0 unspecified atom stereocenters. The van der Waals surface area contributed by atoms with Crippen LogP contribution in [0.15, 0.2) is 42.5 Å². The number of hydrogen-bond acceptors (Lipinski definition) is 3. The van der Waals surface area contributed by atoms with Crippen molar-refractivity contribution in [2.24, 2.45) is 0 Å². The molecular formula is C17H21FN2O. The van der Waals surface area contributed by atoms with Gasteiger partial charge in [0.15, 0.2) is 0 Å². The van der Waals surface area contributed by atoms with Crippen molar-refractivity contribution in [3.8, 4) is 5.75 Å². The van der Waals surface area contributed by atoms with Gasteiger partial charge in [-0.2, -0.15) is 0 Å². The topological polar surface area (TPSA) is 47.3 Å². The Balaban J connectivity index is 1.92. The molecule has 0 heterocycles. The van der Waals surface area contributed by atoms with Gasteiger partial charge < -0.3 is 15.8 Å². The van der Waals surface area contributed by atoms with Crippen LogP contribution < -0.4 is 15.8 Å². The number of hydrogen-bond donors (Lipinski definition) is 2. The number of nitrogens with one attached hydrogen (secondary N) is 1. The van der Waals surface area contributed by atoms with E-state index < -0.39 is 0 Å². The van der Waals surface area contributed by atoms with Gasteiger partial charge in [0, 0.05) is 18.3 Å². The van der Waals surface area contributed by atoms with Gasteiger partial charge in [-0.05, 0) is 36.6 Å². The molecule has 0 aliphatic rings. The molecule has 2 aromatic rings. The van der Waals surface area contributed by atoms with Crippen LogP contribution in [-0.4, -0.2) is 13.2 Å². The predicted octanol–water partition coefficient (Wildman–Crippen LogP) is 3.85. The Bertz CT molecular complexity index is 587. The van der Waals surface area contributed by atoms with Crippen LogP contribution in [0.3, 0.4) is 0 Å². The van der Waals surface area contributed by atoms with Gasteiger partial charge in [0.05, 0.1) is 12.3 Å². The fourth-order valence-corrected chi connectivity index (χ4v) is 2.02. The third kappa shape index (κ3) is 4.38. The zero-order valence-corrected chi connectivity index (χ0v) is 12.2. The van der Waals surface area contributed by atoms with E-state index in [2.05, 4.69) is 5.32 Å². The van der Waals surface area contributed by atoms with Crippen molar-refractivity contribution >= 4 is 11.4 Å². The molecule has 0 amide bonds. The fraction of sp³-hybridized carbons (Fsp3) is 0.294.